The average molecular weight is 443 g/mol. The van der Waals surface area contributed by atoms with E-state index in [1.54, 1.807) is 31.2 Å². The predicted molar refractivity (Wildman–Crippen MR) is 131 cm³/mol. The number of hydrogen-bond donors (Lipinski definition) is 2. The second kappa shape index (κ2) is 10.8. The molecule has 0 saturated heterocycles. The van der Waals surface area contributed by atoms with Crippen molar-refractivity contribution >= 4 is 17.5 Å². The van der Waals surface area contributed by atoms with E-state index in [9.17, 15) is 9.59 Å². The van der Waals surface area contributed by atoms with Crippen molar-refractivity contribution < 1.29 is 14.3 Å². The highest BCUT2D eigenvalue weighted by Gasteiger charge is 2.19. The number of anilines is 1. The van der Waals surface area contributed by atoms with Gasteiger partial charge in [-0.1, -0.05) is 48.5 Å². The number of hydrogen-bond acceptors (Lipinski definition) is 3. The minimum absolute atomic E-state index is 0.218. The first-order valence-corrected chi connectivity index (χ1v) is 11.6. The lowest BCUT2D eigenvalue weighted by Crippen LogP contribution is -2.32. The number of rotatable bonds is 8. The molecule has 4 rings (SSSR count). The Balaban J connectivity index is 1.35. The number of benzene rings is 3. The highest BCUT2D eigenvalue weighted by atomic mass is 16.5. The highest BCUT2D eigenvalue weighted by molar-refractivity contribution is 6.04. The number of ether oxygens (including phenoxy) is 1. The number of nitrogens with one attached hydrogen (secondary N) is 2. The van der Waals surface area contributed by atoms with Gasteiger partial charge in [0.2, 0.25) is 0 Å². The fourth-order valence-electron chi connectivity index (χ4n) is 4.13. The van der Waals surface area contributed by atoms with E-state index >= 15 is 0 Å². The van der Waals surface area contributed by atoms with Crippen molar-refractivity contribution in [3.63, 3.8) is 0 Å². The van der Waals surface area contributed by atoms with E-state index in [2.05, 4.69) is 16.7 Å². The van der Waals surface area contributed by atoms with Gasteiger partial charge in [0.1, 0.15) is 5.75 Å². The Morgan fingerprint density at radius 3 is 2.45 bits per heavy atom. The lowest BCUT2D eigenvalue weighted by molar-refractivity contribution is -0.122. The van der Waals surface area contributed by atoms with Gasteiger partial charge in [0.05, 0.1) is 11.3 Å². The standard InChI is InChI=1S/C28H30N2O3/c1-20(33-24-16-15-22-11-5-6-12-23(22)19-24)27(31)30-26-14-8-7-13-25(26)28(32)29-18-17-21-9-3-2-4-10-21/h2-4,7-10,13-16,19-20H,5-6,11-12,17-18H2,1H3,(H,29,32)(H,30,31)/t20-/m0/s1. The minimum Gasteiger partial charge on any atom is -0.481 e. The summed E-state index contributed by atoms with van der Waals surface area (Å²) >= 11 is 0. The van der Waals surface area contributed by atoms with Gasteiger partial charge in [0.15, 0.2) is 6.10 Å². The maximum atomic E-state index is 12.8. The molecular weight excluding hydrogens is 412 g/mol. The van der Waals surface area contributed by atoms with Gasteiger partial charge >= 0.3 is 0 Å². The highest BCUT2D eigenvalue weighted by Crippen LogP contribution is 2.26. The SMILES string of the molecule is C[C@H](Oc1ccc2c(c1)CCCC2)C(=O)Nc1ccccc1C(=O)NCCc1ccccc1. The third-order valence-electron chi connectivity index (χ3n) is 5.97. The third-order valence-corrected chi connectivity index (χ3v) is 5.97. The van der Waals surface area contributed by atoms with Gasteiger partial charge in [-0.05, 0) is 80.0 Å². The molecule has 0 spiro atoms. The molecule has 0 fully saturated rings. The number of carbonyl (C=O) groups is 2. The van der Waals surface area contributed by atoms with Gasteiger partial charge in [0.25, 0.3) is 11.8 Å². The van der Waals surface area contributed by atoms with Gasteiger partial charge < -0.3 is 15.4 Å². The molecule has 0 aromatic heterocycles. The van der Waals surface area contributed by atoms with Crippen LogP contribution in [0.15, 0.2) is 72.8 Å². The van der Waals surface area contributed by atoms with Crippen molar-refractivity contribution in [3.05, 3.63) is 95.1 Å². The van der Waals surface area contributed by atoms with Crippen molar-refractivity contribution in [3.8, 4) is 5.75 Å². The van der Waals surface area contributed by atoms with Crippen molar-refractivity contribution in [2.45, 2.75) is 45.1 Å². The van der Waals surface area contributed by atoms with Gasteiger partial charge in [0, 0.05) is 6.54 Å². The lowest BCUT2D eigenvalue weighted by atomic mass is 9.92. The van der Waals surface area contributed by atoms with E-state index in [0.717, 1.165) is 24.8 Å². The molecule has 5 nitrogen and oxygen atoms in total. The van der Waals surface area contributed by atoms with E-state index in [1.165, 1.54) is 24.0 Å². The summed E-state index contributed by atoms with van der Waals surface area (Å²) in [4.78, 5) is 25.6. The zero-order chi connectivity index (χ0) is 23.0. The number of amides is 2. The molecule has 5 heteroatoms. The molecule has 3 aromatic carbocycles. The molecule has 1 atom stereocenters. The van der Waals surface area contributed by atoms with Crippen LogP contribution >= 0.6 is 0 Å². The summed E-state index contributed by atoms with van der Waals surface area (Å²) in [5.41, 5.74) is 4.75. The lowest BCUT2D eigenvalue weighted by Gasteiger charge is -2.19. The first-order valence-electron chi connectivity index (χ1n) is 11.6. The minimum atomic E-state index is -0.694. The Hall–Kier alpha value is -3.60. The molecule has 0 saturated carbocycles. The Bertz CT molecular complexity index is 1110. The molecule has 3 aromatic rings. The fourth-order valence-corrected chi connectivity index (χ4v) is 4.13. The third kappa shape index (κ3) is 6.01. The zero-order valence-electron chi connectivity index (χ0n) is 19.0. The number of fused-ring (bicyclic) bond motifs is 1. The topological polar surface area (TPSA) is 67.4 Å². The summed E-state index contributed by atoms with van der Waals surface area (Å²) in [6, 6.07) is 23.1. The quantitative estimate of drug-likeness (QED) is 0.519. The maximum Gasteiger partial charge on any atom is 0.265 e. The van der Waals surface area contributed by atoms with Crippen LogP contribution in [0, 0.1) is 0 Å². The monoisotopic (exact) mass is 442 g/mol. The Morgan fingerprint density at radius 2 is 1.64 bits per heavy atom. The van der Waals surface area contributed by atoms with E-state index < -0.39 is 6.10 Å². The van der Waals surface area contributed by atoms with Crippen LogP contribution in [0.25, 0.3) is 0 Å². The summed E-state index contributed by atoms with van der Waals surface area (Å²) in [7, 11) is 0. The van der Waals surface area contributed by atoms with E-state index in [-0.39, 0.29) is 11.8 Å². The number of aryl methyl sites for hydroxylation is 2. The van der Waals surface area contributed by atoms with Crippen LogP contribution in [0.5, 0.6) is 5.75 Å². The molecule has 33 heavy (non-hydrogen) atoms. The van der Waals surface area contributed by atoms with Crippen LogP contribution in [0.4, 0.5) is 5.69 Å². The zero-order valence-corrected chi connectivity index (χ0v) is 19.0. The van der Waals surface area contributed by atoms with Crippen LogP contribution in [0.2, 0.25) is 0 Å². The Labute approximate surface area is 195 Å². The second-order valence-corrected chi connectivity index (χ2v) is 8.42. The second-order valence-electron chi connectivity index (χ2n) is 8.42. The average Bonchev–Trinajstić information content (AvgIpc) is 2.85. The Kier molecular flexibility index (Phi) is 7.40. The maximum absolute atomic E-state index is 12.8. The van der Waals surface area contributed by atoms with Gasteiger partial charge in [-0.3, -0.25) is 9.59 Å². The van der Waals surface area contributed by atoms with Gasteiger partial charge in [-0.2, -0.15) is 0 Å². The summed E-state index contributed by atoms with van der Waals surface area (Å²) < 4.78 is 5.92. The number of para-hydroxylation sites is 1. The van der Waals surface area contributed by atoms with Gasteiger partial charge in [-0.25, -0.2) is 0 Å². The molecule has 2 N–H and O–H groups in total. The summed E-state index contributed by atoms with van der Waals surface area (Å²) in [6.07, 6.45) is 4.63. The molecule has 0 unspecified atom stereocenters. The molecule has 170 valence electrons. The predicted octanol–water partition coefficient (Wildman–Crippen LogP) is 4.94. The smallest absolute Gasteiger partial charge is 0.265 e. The normalized spacial score (nSPS) is 13.5. The van der Waals surface area contributed by atoms with Crippen molar-refractivity contribution in [1.29, 1.82) is 0 Å². The van der Waals surface area contributed by atoms with Crippen LogP contribution in [-0.2, 0) is 24.1 Å². The van der Waals surface area contributed by atoms with Crippen molar-refractivity contribution in [1.82, 2.24) is 5.32 Å². The van der Waals surface area contributed by atoms with Gasteiger partial charge in [-0.15, -0.1) is 0 Å². The van der Waals surface area contributed by atoms with E-state index in [0.29, 0.717) is 23.5 Å². The molecule has 0 bridgehead atoms. The van der Waals surface area contributed by atoms with Crippen molar-refractivity contribution in [2.75, 3.05) is 11.9 Å². The summed E-state index contributed by atoms with van der Waals surface area (Å²) in [6.45, 7) is 2.24. The van der Waals surface area contributed by atoms with Crippen LogP contribution in [0.3, 0.4) is 0 Å². The van der Waals surface area contributed by atoms with Crippen molar-refractivity contribution in [2.24, 2.45) is 0 Å². The van der Waals surface area contributed by atoms with E-state index in [4.69, 9.17) is 4.74 Å². The molecule has 0 heterocycles. The molecule has 0 radical (unpaired) electrons. The first kappa shape index (κ1) is 22.6. The summed E-state index contributed by atoms with van der Waals surface area (Å²) in [5, 5.41) is 5.79. The first-order chi connectivity index (χ1) is 16.1. The summed E-state index contributed by atoms with van der Waals surface area (Å²) in [5.74, 6) is 0.188. The number of carbonyl (C=O) groups excluding carboxylic acids is 2. The molecule has 1 aliphatic rings. The molecular formula is C28H30N2O3. The fraction of sp³-hybridized carbons (Fsp3) is 0.286. The largest absolute Gasteiger partial charge is 0.481 e. The molecule has 2 amide bonds. The van der Waals surface area contributed by atoms with Crippen LogP contribution in [-0.4, -0.2) is 24.5 Å². The van der Waals surface area contributed by atoms with E-state index in [1.807, 2.05) is 42.5 Å². The molecule has 1 aliphatic carbocycles. The Morgan fingerprint density at radius 1 is 0.909 bits per heavy atom. The van der Waals surface area contributed by atoms with Crippen LogP contribution < -0.4 is 15.4 Å². The van der Waals surface area contributed by atoms with Crippen LogP contribution in [0.1, 0.15) is 46.8 Å². The molecule has 0 aliphatic heterocycles.